The van der Waals surface area contributed by atoms with Gasteiger partial charge in [0.2, 0.25) is 5.91 Å². The molecule has 29 heavy (non-hydrogen) atoms. The summed E-state index contributed by atoms with van der Waals surface area (Å²) in [7, 11) is 1.36. The fourth-order valence-electron chi connectivity index (χ4n) is 3.77. The van der Waals surface area contributed by atoms with E-state index in [9.17, 15) is 14.4 Å². The van der Waals surface area contributed by atoms with Crippen LogP contribution in [0.15, 0.2) is 24.3 Å². The second-order valence-electron chi connectivity index (χ2n) is 7.52. The molecule has 7 nitrogen and oxygen atoms in total. The summed E-state index contributed by atoms with van der Waals surface area (Å²) in [5, 5.41) is 14.9. The van der Waals surface area contributed by atoms with Gasteiger partial charge in [-0.3, -0.25) is 14.4 Å². The number of hydrogen-bond acceptors (Lipinski definition) is 5. The van der Waals surface area contributed by atoms with E-state index in [0.717, 1.165) is 31.2 Å². The highest BCUT2D eigenvalue weighted by atomic mass is 16.5. The lowest BCUT2D eigenvalue weighted by atomic mass is 10.0. The molecule has 1 aromatic carbocycles. The zero-order valence-corrected chi connectivity index (χ0v) is 17.3. The van der Waals surface area contributed by atoms with Crippen LogP contribution in [-0.2, 0) is 20.7 Å². The molecule has 0 unspecified atom stereocenters. The number of amides is 2. The van der Waals surface area contributed by atoms with Crippen LogP contribution >= 0.6 is 0 Å². The molecule has 0 saturated heterocycles. The molecule has 3 atom stereocenters. The minimum absolute atomic E-state index is 0.00928. The molecule has 1 aliphatic rings. The minimum Gasteiger partial charge on any atom is -0.469 e. The number of rotatable bonds is 10. The van der Waals surface area contributed by atoms with Gasteiger partial charge in [-0.1, -0.05) is 38.3 Å². The summed E-state index contributed by atoms with van der Waals surface area (Å²) in [5.41, 5.74) is 1.32. The van der Waals surface area contributed by atoms with Gasteiger partial charge < -0.3 is 20.5 Å². The van der Waals surface area contributed by atoms with Crippen LogP contribution in [0.25, 0.3) is 0 Å². The average molecular weight is 405 g/mol. The van der Waals surface area contributed by atoms with Crippen molar-refractivity contribution in [1.82, 2.24) is 10.6 Å². The van der Waals surface area contributed by atoms with Gasteiger partial charge in [-0.25, -0.2) is 0 Å². The summed E-state index contributed by atoms with van der Waals surface area (Å²) in [6.07, 6.45) is 4.98. The number of aliphatic hydroxyl groups is 1. The van der Waals surface area contributed by atoms with E-state index in [0.29, 0.717) is 24.8 Å². The number of methoxy groups -OCH3 is 1. The van der Waals surface area contributed by atoms with Crippen molar-refractivity contribution >= 4 is 17.8 Å². The van der Waals surface area contributed by atoms with Crippen LogP contribution in [-0.4, -0.2) is 48.7 Å². The standard InChI is InChI=1S/C22H32N2O5/c1-3-4-10-19(21(27)23-18-11-6-9-17(18)22(28)29-2)24-20(26)16-8-5-7-15(14-16)12-13-25/h5,7-8,14,17-19,25H,3-4,6,9-13H2,1-2H3,(H,23,27)(H,24,26)/t17-,18+,19+/m1/s1. The Hall–Kier alpha value is -2.41. The highest BCUT2D eigenvalue weighted by Gasteiger charge is 2.36. The van der Waals surface area contributed by atoms with Gasteiger partial charge in [0, 0.05) is 18.2 Å². The lowest BCUT2D eigenvalue weighted by molar-refractivity contribution is -0.146. The number of carbonyl (C=O) groups is 3. The molecule has 160 valence electrons. The van der Waals surface area contributed by atoms with Crippen molar-refractivity contribution in [3.05, 3.63) is 35.4 Å². The number of hydrogen-bond donors (Lipinski definition) is 3. The first kappa shape index (κ1) is 22.9. The van der Waals surface area contributed by atoms with Crippen LogP contribution in [0.4, 0.5) is 0 Å². The topological polar surface area (TPSA) is 105 Å². The Morgan fingerprint density at radius 1 is 1.28 bits per heavy atom. The maximum atomic E-state index is 12.9. The van der Waals surface area contributed by atoms with Crippen LogP contribution in [0.1, 0.15) is 61.4 Å². The zero-order chi connectivity index (χ0) is 21.2. The van der Waals surface area contributed by atoms with Crippen molar-refractivity contribution in [2.45, 2.75) is 64.0 Å². The minimum atomic E-state index is -0.664. The smallest absolute Gasteiger partial charge is 0.310 e. The molecule has 0 bridgehead atoms. The first-order valence-corrected chi connectivity index (χ1v) is 10.4. The lowest BCUT2D eigenvalue weighted by Gasteiger charge is -2.24. The number of esters is 1. The maximum absolute atomic E-state index is 12.9. The molecule has 2 amide bonds. The van der Waals surface area contributed by atoms with E-state index in [1.165, 1.54) is 7.11 Å². The van der Waals surface area contributed by atoms with Gasteiger partial charge in [0.05, 0.1) is 13.0 Å². The van der Waals surface area contributed by atoms with Crippen molar-refractivity contribution in [2.75, 3.05) is 13.7 Å². The van der Waals surface area contributed by atoms with Crippen LogP contribution in [0.3, 0.4) is 0 Å². The van der Waals surface area contributed by atoms with E-state index < -0.39 is 6.04 Å². The van der Waals surface area contributed by atoms with E-state index in [1.54, 1.807) is 18.2 Å². The van der Waals surface area contributed by atoms with Gasteiger partial charge >= 0.3 is 5.97 Å². The normalized spacial score (nSPS) is 19.4. The van der Waals surface area contributed by atoms with Gasteiger partial charge in [0.15, 0.2) is 0 Å². The molecule has 1 aromatic rings. The summed E-state index contributed by atoms with van der Waals surface area (Å²) in [5.74, 6) is -1.22. The summed E-state index contributed by atoms with van der Waals surface area (Å²) < 4.78 is 4.85. The van der Waals surface area contributed by atoms with E-state index >= 15 is 0 Å². The first-order valence-electron chi connectivity index (χ1n) is 10.4. The molecule has 7 heteroatoms. The average Bonchev–Trinajstić information content (AvgIpc) is 3.18. The predicted octanol–water partition coefficient (Wildman–Crippen LogP) is 1.97. The van der Waals surface area contributed by atoms with Gasteiger partial charge in [-0.2, -0.15) is 0 Å². The summed E-state index contributed by atoms with van der Waals surface area (Å²) >= 11 is 0. The van der Waals surface area contributed by atoms with Crippen LogP contribution in [0.5, 0.6) is 0 Å². The molecule has 3 N–H and O–H groups in total. The van der Waals surface area contributed by atoms with Crippen molar-refractivity contribution in [2.24, 2.45) is 5.92 Å². The van der Waals surface area contributed by atoms with Crippen LogP contribution in [0, 0.1) is 5.92 Å². The third kappa shape index (κ3) is 6.56. The Balaban J connectivity index is 2.05. The molecule has 2 rings (SSSR count). The lowest BCUT2D eigenvalue weighted by Crippen LogP contribution is -2.51. The van der Waals surface area contributed by atoms with E-state index in [2.05, 4.69) is 10.6 Å². The molecule has 0 aliphatic heterocycles. The summed E-state index contributed by atoms with van der Waals surface area (Å²) in [4.78, 5) is 37.5. The van der Waals surface area contributed by atoms with Crippen molar-refractivity contribution < 1.29 is 24.2 Å². The monoisotopic (exact) mass is 404 g/mol. The van der Waals surface area contributed by atoms with Gasteiger partial charge in [0.1, 0.15) is 6.04 Å². The maximum Gasteiger partial charge on any atom is 0.310 e. The fourth-order valence-corrected chi connectivity index (χ4v) is 3.77. The van der Waals surface area contributed by atoms with E-state index in [-0.39, 0.29) is 36.4 Å². The number of nitrogens with one attached hydrogen (secondary N) is 2. The molecule has 1 fully saturated rings. The Morgan fingerprint density at radius 3 is 2.76 bits per heavy atom. The molecule has 0 spiro atoms. The highest BCUT2D eigenvalue weighted by molar-refractivity contribution is 5.97. The Morgan fingerprint density at radius 2 is 2.07 bits per heavy atom. The molecular formula is C22H32N2O5. The Bertz CT molecular complexity index is 706. The molecule has 1 saturated carbocycles. The molecule has 0 heterocycles. The van der Waals surface area contributed by atoms with Gasteiger partial charge in [-0.15, -0.1) is 0 Å². The molecule has 0 aromatic heterocycles. The predicted molar refractivity (Wildman–Crippen MR) is 109 cm³/mol. The van der Waals surface area contributed by atoms with Crippen LogP contribution in [0.2, 0.25) is 0 Å². The molecule has 0 radical (unpaired) electrons. The Kier molecular flexibility index (Phi) is 9.12. The highest BCUT2D eigenvalue weighted by Crippen LogP contribution is 2.27. The second-order valence-corrected chi connectivity index (χ2v) is 7.52. The van der Waals surface area contributed by atoms with Crippen LogP contribution < -0.4 is 10.6 Å². The summed E-state index contributed by atoms with van der Waals surface area (Å²) in [6.45, 7) is 2.04. The SMILES string of the molecule is CCCC[C@H](NC(=O)c1cccc(CCO)c1)C(=O)N[C@H]1CCC[C@H]1C(=O)OC. The number of ether oxygens (including phenoxy) is 1. The molecule has 1 aliphatic carbocycles. The van der Waals surface area contributed by atoms with Crippen molar-refractivity contribution in [1.29, 1.82) is 0 Å². The third-order valence-electron chi connectivity index (χ3n) is 5.41. The second kappa shape index (κ2) is 11.6. The largest absolute Gasteiger partial charge is 0.469 e. The number of benzene rings is 1. The first-order chi connectivity index (χ1) is 14.0. The van der Waals surface area contributed by atoms with Crippen molar-refractivity contribution in [3.63, 3.8) is 0 Å². The van der Waals surface area contributed by atoms with Crippen molar-refractivity contribution in [3.8, 4) is 0 Å². The summed E-state index contributed by atoms with van der Waals surface area (Å²) in [6, 6.07) is 6.11. The number of aliphatic hydroxyl groups excluding tert-OH is 1. The number of carbonyl (C=O) groups excluding carboxylic acids is 3. The zero-order valence-electron chi connectivity index (χ0n) is 17.3. The number of unbranched alkanes of at least 4 members (excludes halogenated alkanes) is 1. The third-order valence-corrected chi connectivity index (χ3v) is 5.41. The quantitative estimate of drug-likeness (QED) is 0.517. The Labute approximate surface area is 172 Å². The van der Waals surface area contributed by atoms with Gasteiger partial charge in [0.25, 0.3) is 5.91 Å². The van der Waals surface area contributed by atoms with E-state index in [4.69, 9.17) is 9.84 Å². The molecular weight excluding hydrogens is 372 g/mol. The fraction of sp³-hybridized carbons (Fsp3) is 0.591. The van der Waals surface area contributed by atoms with Gasteiger partial charge in [-0.05, 0) is 43.4 Å². The van der Waals surface area contributed by atoms with E-state index in [1.807, 2.05) is 13.0 Å².